The maximum absolute atomic E-state index is 14.0. The first-order valence-corrected chi connectivity index (χ1v) is 6.87. The van der Waals surface area contributed by atoms with Gasteiger partial charge in [-0.3, -0.25) is 4.79 Å². The molecule has 0 unspecified atom stereocenters. The van der Waals surface area contributed by atoms with Crippen molar-refractivity contribution in [2.75, 3.05) is 0 Å². The number of aryl methyl sites for hydroxylation is 1. The molecule has 0 N–H and O–H groups in total. The lowest BCUT2D eigenvalue weighted by atomic mass is 10.0. The Morgan fingerprint density at radius 2 is 1.85 bits per heavy atom. The van der Waals surface area contributed by atoms with Gasteiger partial charge in [-0.15, -0.1) is 11.3 Å². The molecule has 0 amide bonds. The predicted molar refractivity (Wildman–Crippen MR) is 76.4 cm³/mol. The summed E-state index contributed by atoms with van der Waals surface area (Å²) in [6.07, 6.45) is 0. The first kappa shape index (κ1) is 12.9. The highest BCUT2D eigenvalue weighted by atomic mass is 32.1. The van der Waals surface area contributed by atoms with Gasteiger partial charge in [0.1, 0.15) is 11.6 Å². The molecule has 0 saturated heterocycles. The van der Waals surface area contributed by atoms with E-state index in [0.717, 1.165) is 16.2 Å². The van der Waals surface area contributed by atoms with E-state index in [1.165, 1.54) is 24.3 Å². The van der Waals surface area contributed by atoms with Gasteiger partial charge in [-0.1, -0.05) is 24.3 Å². The lowest BCUT2D eigenvalue weighted by Crippen LogP contribution is -2.07. The van der Waals surface area contributed by atoms with Gasteiger partial charge in [0.25, 0.3) is 0 Å². The zero-order valence-corrected chi connectivity index (χ0v) is 11.4. The Hall–Kier alpha value is -2.07. The van der Waals surface area contributed by atoms with Crippen LogP contribution in [0.3, 0.4) is 0 Å². The molecule has 0 bridgehead atoms. The van der Waals surface area contributed by atoms with Crippen LogP contribution >= 0.6 is 11.3 Å². The third kappa shape index (κ3) is 2.02. The van der Waals surface area contributed by atoms with Crippen molar-refractivity contribution >= 4 is 27.2 Å². The molecular formula is C16H10F2OS. The molecule has 0 aliphatic carbocycles. The smallest absolute Gasteiger partial charge is 0.208 e. The molecule has 100 valence electrons. The Morgan fingerprint density at radius 3 is 2.60 bits per heavy atom. The number of rotatable bonds is 2. The molecule has 1 heterocycles. The predicted octanol–water partition coefficient (Wildman–Crippen LogP) is 4.72. The second kappa shape index (κ2) is 4.80. The number of benzene rings is 2. The number of hydrogen-bond acceptors (Lipinski definition) is 2. The van der Waals surface area contributed by atoms with E-state index in [2.05, 4.69) is 0 Å². The van der Waals surface area contributed by atoms with Gasteiger partial charge in [0.2, 0.25) is 5.78 Å². The summed E-state index contributed by atoms with van der Waals surface area (Å²) < 4.78 is 28.7. The summed E-state index contributed by atoms with van der Waals surface area (Å²) in [5.74, 6) is -2.21. The van der Waals surface area contributed by atoms with Crippen molar-refractivity contribution in [1.82, 2.24) is 0 Å². The Bertz CT molecular complexity index is 787. The highest BCUT2D eigenvalue weighted by Crippen LogP contribution is 2.29. The average molecular weight is 288 g/mol. The summed E-state index contributed by atoms with van der Waals surface area (Å²) >= 11 is 1.24. The topological polar surface area (TPSA) is 17.1 Å². The number of fused-ring (bicyclic) bond motifs is 1. The molecule has 0 fully saturated rings. The first-order chi connectivity index (χ1) is 9.58. The zero-order valence-electron chi connectivity index (χ0n) is 10.6. The summed E-state index contributed by atoms with van der Waals surface area (Å²) in [6.45, 7) is 1.51. The van der Waals surface area contributed by atoms with E-state index in [1.807, 2.05) is 24.3 Å². The first-order valence-electron chi connectivity index (χ1n) is 6.06. The van der Waals surface area contributed by atoms with Crippen LogP contribution < -0.4 is 0 Å². The third-order valence-corrected chi connectivity index (χ3v) is 4.28. The second-order valence-corrected chi connectivity index (χ2v) is 5.61. The minimum atomic E-state index is -0.824. The summed E-state index contributed by atoms with van der Waals surface area (Å²) in [5.41, 5.74) is -0.215. The Balaban J connectivity index is 2.15. The van der Waals surface area contributed by atoms with Crippen LogP contribution in [0.2, 0.25) is 0 Å². The van der Waals surface area contributed by atoms with Crippen molar-refractivity contribution in [2.24, 2.45) is 0 Å². The average Bonchev–Trinajstić information content (AvgIpc) is 2.87. The molecular weight excluding hydrogens is 278 g/mol. The summed E-state index contributed by atoms with van der Waals surface area (Å²) in [6, 6.07) is 11.6. The molecule has 0 radical (unpaired) electrons. The third-order valence-electron chi connectivity index (χ3n) is 3.16. The van der Waals surface area contributed by atoms with Gasteiger partial charge in [-0.05, 0) is 36.1 Å². The molecule has 20 heavy (non-hydrogen) atoms. The molecule has 0 aliphatic heterocycles. The van der Waals surface area contributed by atoms with Crippen LogP contribution in [0.5, 0.6) is 0 Å². The molecule has 0 spiro atoms. The maximum atomic E-state index is 14.0. The van der Waals surface area contributed by atoms with E-state index in [0.29, 0.717) is 4.88 Å². The number of carbonyl (C=O) groups excluding carboxylic acids is 1. The number of ketones is 1. The van der Waals surface area contributed by atoms with Gasteiger partial charge in [-0.2, -0.15) is 0 Å². The van der Waals surface area contributed by atoms with Crippen LogP contribution in [0.4, 0.5) is 8.78 Å². The fourth-order valence-electron chi connectivity index (χ4n) is 2.08. The fraction of sp³-hybridized carbons (Fsp3) is 0.0625. The number of carbonyl (C=O) groups is 1. The molecule has 0 aliphatic rings. The Morgan fingerprint density at radius 1 is 1.10 bits per heavy atom. The normalized spacial score (nSPS) is 10.9. The van der Waals surface area contributed by atoms with Gasteiger partial charge in [-0.25, -0.2) is 8.78 Å². The Labute approximate surface area is 118 Å². The Kier molecular flexibility index (Phi) is 3.10. The summed E-state index contributed by atoms with van der Waals surface area (Å²) in [4.78, 5) is 12.7. The molecule has 0 atom stereocenters. The standard InChI is InChI=1S/C16H10F2OS/c1-9-6-7-11(17)14(15(9)18)16(19)13-8-10-4-2-3-5-12(10)20-13/h2-8H,1H3. The molecule has 4 heteroatoms. The van der Waals surface area contributed by atoms with Gasteiger partial charge >= 0.3 is 0 Å². The molecule has 1 nitrogen and oxygen atoms in total. The van der Waals surface area contributed by atoms with Gasteiger partial charge in [0.15, 0.2) is 0 Å². The van der Waals surface area contributed by atoms with Gasteiger partial charge < -0.3 is 0 Å². The van der Waals surface area contributed by atoms with E-state index in [1.54, 1.807) is 6.07 Å². The van der Waals surface area contributed by atoms with Crippen molar-refractivity contribution < 1.29 is 13.6 Å². The number of halogens is 2. The molecule has 3 rings (SSSR count). The van der Waals surface area contributed by atoms with E-state index in [-0.39, 0.29) is 5.56 Å². The van der Waals surface area contributed by atoms with Gasteiger partial charge in [0, 0.05) is 4.70 Å². The zero-order chi connectivity index (χ0) is 14.3. The van der Waals surface area contributed by atoms with E-state index < -0.39 is 23.0 Å². The van der Waals surface area contributed by atoms with Crippen LogP contribution in [-0.2, 0) is 0 Å². The molecule has 3 aromatic rings. The van der Waals surface area contributed by atoms with Crippen molar-refractivity contribution in [3.05, 3.63) is 70.1 Å². The highest BCUT2D eigenvalue weighted by molar-refractivity contribution is 7.21. The quantitative estimate of drug-likeness (QED) is 0.624. The van der Waals surface area contributed by atoms with E-state index in [9.17, 15) is 13.6 Å². The van der Waals surface area contributed by atoms with Crippen LogP contribution in [0.25, 0.3) is 10.1 Å². The largest absolute Gasteiger partial charge is 0.287 e. The monoisotopic (exact) mass is 288 g/mol. The highest BCUT2D eigenvalue weighted by Gasteiger charge is 2.22. The lowest BCUT2D eigenvalue weighted by molar-refractivity contribution is 0.103. The van der Waals surface area contributed by atoms with Crippen molar-refractivity contribution in [2.45, 2.75) is 6.92 Å². The maximum Gasteiger partial charge on any atom is 0.208 e. The summed E-state index contributed by atoms with van der Waals surface area (Å²) in [7, 11) is 0. The minimum Gasteiger partial charge on any atom is -0.287 e. The van der Waals surface area contributed by atoms with Gasteiger partial charge in [0.05, 0.1) is 10.4 Å². The molecule has 2 aromatic carbocycles. The van der Waals surface area contributed by atoms with Crippen LogP contribution in [0.15, 0.2) is 42.5 Å². The van der Waals surface area contributed by atoms with E-state index in [4.69, 9.17) is 0 Å². The van der Waals surface area contributed by atoms with Crippen molar-refractivity contribution in [1.29, 1.82) is 0 Å². The molecule has 1 aromatic heterocycles. The summed E-state index contributed by atoms with van der Waals surface area (Å²) in [5, 5.41) is 0.898. The van der Waals surface area contributed by atoms with E-state index >= 15 is 0 Å². The minimum absolute atomic E-state index is 0.260. The van der Waals surface area contributed by atoms with Crippen molar-refractivity contribution in [3.8, 4) is 0 Å². The van der Waals surface area contributed by atoms with Crippen LogP contribution in [0.1, 0.15) is 20.8 Å². The lowest BCUT2D eigenvalue weighted by Gasteiger charge is -2.04. The van der Waals surface area contributed by atoms with Crippen molar-refractivity contribution in [3.63, 3.8) is 0 Å². The number of thiophene rings is 1. The SMILES string of the molecule is Cc1ccc(F)c(C(=O)c2cc3ccccc3s2)c1F. The number of hydrogen-bond donors (Lipinski definition) is 0. The molecule has 0 saturated carbocycles. The van der Waals surface area contributed by atoms with Crippen LogP contribution in [-0.4, -0.2) is 5.78 Å². The second-order valence-electron chi connectivity index (χ2n) is 4.53. The fourth-order valence-corrected chi connectivity index (χ4v) is 3.09. The van der Waals surface area contributed by atoms with Crippen LogP contribution in [0, 0.1) is 18.6 Å².